The van der Waals surface area contributed by atoms with Gasteiger partial charge in [-0.3, -0.25) is 4.79 Å². The Hall–Kier alpha value is -1.66. The average Bonchev–Trinajstić information content (AvgIpc) is 2.14. The molecule has 0 fully saturated rings. The fraction of sp³-hybridized carbons (Fsp3) is 0.300. The van der Waals surface area contributed by atoms with Gasteiger partial charge in [0.2, 0.25) is 0 Å². The van der Waals surface area contributed by atoms with Gasteiger partial charge in [-0.2, -0.15) is 8.78 Å². The molecular weight excluding hydrogens is 247 g/mol. The minimum atomic E-state index is -3.38. The maximum absolute atomic E-state index is 13.0. The smallest absolute Gasteiger partial charge is 0.387 e. The molecule has 1 aromatic rings. The number of halogens is 5. The van der Waals surface area contributed by atoms with Crippen LogP contribution in [-0.2, 0) is 0 Å². The van der Waals surface area contributed by atoms with Crippen molar-refractivity contribution in [1.29, 1.82) is 0 Å². The lowest BCUT2D eigenvalue weighted by Crippen LogP contribution is -2.09. The van der Waals surface area contributed by atoms with Crippen molar-refractivity contribution >= 4 is 5.78 Å². The molecule has 0 heterocycles. The van der Waals surface area contributed by atoms with Gasteiger partial charge in [-0.25, -0.2) is 13.2 Å². The van der Waals surface area contributed by atoms with Crippen molar-refractivity contribution in [2.75, 3.05) is 0 Å². The molecule has 0 radical (unpaired) electrons. The van der Waals surface area contributed by atoms with E-state index in [1.165, 1.54) is 0 Å². The lowest BCUT2D eigenvalue weighted by atomic mass is 10.0. The van der Waals surface area contributed by atoms with E-state index in [1.807, 2.05) is 0 Å². The van der Waals surface area contributed by atoms with Crippen LogP contribution in [0.5, 0.6) is 5.75 Å². The number of ketones is 1. The Balaban J connectivity index is 3.40. The lowest BCUT2D eigenvalue weighted by molar-refractivity contribution is -0.0522. The first-order valence-electron chi connectivity index (χ1n) is 4.40. The average molecular weight is 254 g/mol. The van der Waals surface area contributed by atoms with Crippen molar-refractivity contribution in [2.24, 2.45) is 0 Å². The Morgan fingerprint density at radius 1 is 1.24 bits per heavy atom. The van der Waals surface area contributed by atoms with E-state index in [0.717, 1.165) is 6.92 Å². The van der Waals surface area contributed by atoms with Crippen LogP contribution in [0.2, 0.25) is 0 Å². The molecule has 1 aromatic carbocycles. The van der Waals surface area contributed by atoms with E-state index in [1.54, 1.807) is 0 Å². The second-order valence-corrected chi connectivity index (χ2v) is 3.10. The number of carbonyl (C=O) groups is 1. The molecule has 0 aromatic heterocycles. The highest BCUT2D eigenvalue weighted by Gasteiger charge is 2.24. The topological polar surface area (TPSA) is 26.3 Å². The zero-order chi connectivity index (χ0) is 13.2. The zero-order valence-electron chi connectivity index (χ0n) is 8.52. The summed E-state index contributed by atoms with van der Waals surface area (Å²) in [4.78, 5) is 11.0. The van der Waals surface area contributed by atoms with E-state index in [4.69, 9.17) is 0 Å². The normalized spacial score (nSPS) is 11.1. The molecule has 17 heavy (non-hydrogen) atoms. The Bertz CT molecular complexity index is 431. The molecule has 0 saturated carbocycles. The van der Waals surface area contributed by atoms with Crippen LogP contribution in [0.4, 0.5) is 22.0 Å². The van der Waals surface area contributed by atoms with E-state index < -0.39 is 41.5 Å². The van der Waals surface area contributed by atoms with Crippen LogP contribution in [0.15, 0.2) is 12.1 Å². The number of Topliss-reactive ketones (excluding diaryl/α,β-unsaturated/α-hetero) is 1. The van der Waals surface area contributed by atoms with Crippen molar-refractivity contribution in [3.63, 3.8) is 0 Å². The first kappa shape index (κ1) is 13.4. The third kappa shape index (κ3) is 3.15. The number of rotatable bonds is 4. The van der Waals surface area contributed by atoms with Crippen LogP contribution in [-0.4, -0.2) is 12.4 Å². The number of carbonyl (C=O) groups excluding carboxylic acids is 1. The molecule has 7 heteroatoms. The number of benzene rings is 1. The van der Waals surface area contributed by atoms with Crippen molar-refractivity contribution in [3.8, 4) is 5.75 Å². The van der Waals surface area contributed by atoms with Gasteiger partial charge in [0, 0.05) is 11.6 Å². The highest BCUT2D eigenvalue weighted by molar-refractivity contribution is 5.96. The summed E-state index contributed by atoms with van der Waals surface area (Å²) in [5.74, 6) is -2.99. The fourth-order valence-corrected chi connectivity index (χ4v) is 1.30. The predicted octanol–water partition coefficient (Wildman–Crippen LogP) is 3.57. The van der Waals surface area contributed by atoms with E-state index in [-0.39, 0.29) is 0 Å². The summed E-state index contributed by atoms with van der Waals surface area (Å²) in [6.07, 6.45) is -3.22. The zero-order valence-corrected chi connectivity index (χ0v) is 8.52. The minimum absolute atomic E-state index is 0.389. The summed E-state index contributed by atoms with van der Waals surface area (Å²) in [5, 5.41) is 0. The van der Waals surface area contributed by atoms with Gasteiger partial charge >= 0.3 is 6.61 Å². The molecule has 0 aliphatic carbocycles. The molecule has 0 N–H and O–H groups in total. The van der Waals surface area contributed by atoms with E-state index in [9.17, 15) is 26.7 Å². The van der Waals surface area contributed by atoms with Crippen LogP contribution in [0, 0.1) is 5.82 Å². The summed E-state index contributed by atoms with van der Waals surface area (Å²) >= 11 is 0. The van der Waals surface area contributed by atoms with Gasteiger partial charge < -0.3 is 4.74 Å². The molecule has 0 aliphatic rings. The number of hydrogen-bond donors (Lipinski definition) is 0. The Morgan fingerprint density at radius 2 is 1.82 bits per heavy atom. The SMILES string of the molecule is CC(=O)c1cc(F)cc(OC(F)F)c1C(F)F. The minimum Gasteiger partial charge on any atom is -0.434 e. The molecule has 1 rings (SSSR count). The van der Waals surface area contributed by atoms with Gasteiger partial charge in [0.25, 0.3) is 6.43 Å². The first-order valence-corrected chi connectivity index (χ1v) is 4.40. The number of hydrogen-bond acceptors (Lipinski definition) is 2. The number of alkyl halides is 4. The van der Waals surface area contributed by atoms with Crippen LogP contribution in [0.25, 0.3) is 0 Å². The van der Waals surface area contributed by atoms with Gasteiger partial charge in [-0.05, 0) is 13.0 Å². The van der Waals surface area contributed by atoms with Crippen LogP contribution in [0.3, 0.4) is 0 Å². The highest BCUT2D eigenvalue weighted by atomic mass is 19.3. The second-order valence-electron chi connectivity index (χ2n) is 3.10. The summed E-state index contributed by atoms with van der Waals surface area (Å²) < 4.78 is 65.9. The van der Waals surface area contributed by atoms with Crippen molar-refractivity contribution < 1.29 is 31.5 Å². The fourth-order valence-electron chi connectivity index (χ4n) is 1.30. The summed E-state index contributed by atoms with van der Waals surface area (Å²) in [6.45, 7) is -2.46. The molecule has 2 nitrogen and oxygen atoms in total. The molecule has 0 aliphatic heterocycles. The summed E-state index contributed by atoms with van der Waals surface area (Å²) in [6, 6.07) is 0.947. The first-order chi connectivity index (χ1) is 7.82. The predicted molar refractivity (Wildman–Crippen MR) is 48.0 cm³/mol. The molecule has 0 amide bonds. The third-order valence-electron chi connectivity index (χ3n) is 1.92. The van der Waals surface area contributed by atoms with Crippen LogP contribution in [0.1, 0.15) is 29.3 Å². The summed E-state index contributed by atoms with van der Waals surface area (Å²) in [7, 11) is 0. The van der Waals surface area contributed by atoms with E-state index >= 15 is 0 Å². The van der Waals surface area contributed by atoms with Crippen molar-refractivity contribution in [1.82, 2.24) is 0 Å². The quantitative estimate of drug-likeness (QED) is 0.606. The largest absolute Gasteiger partial charge is 0.434 e. The standard InChI is InChI=1S/C10H7F5O2/c1-4(16)6-2-5(11)3-7(17-10(14)15)8(6)9(12)13/h2-3,9-10H,1H3. The summed E-state index contributed by atoms with van der Waals surface area (Å²) in [5.41, 5.74) is -1.70. The monoisotopic (exact) mass is 254 g/mol. The Morgan fingerprint density at radius 3 is 2.24 bits per heavy atom. The van der Waals surface area contributed by atoms with Crippen LogP contribution < -0.4 is 4.74 Å². The van der Waals surface area contributed by atoms with Gasteiger partial charge in [0.15, 0.2) is 5.78 Å². The molecule has 0 atom stereocenters. The lowest BCUT2D eigenvalue weighted by Gasteiger charge is -2.13. The maximum atomic E-state index is 13.0. The van der Waals surface area contributed by atoms with Gasteiger partial charge in [0.05, 0.1) is 5.56 Å². The molecule has 0 saturated heterocycles. The molecular formula is C10H7F5O2. The van der Waals surface area contributed by atoms with Gasteiger partial charge in [-0.15, -0.1) is 0 Å². The van der Waals surface area contributed by atoms with E-state index in [0.29, 0.717) is 12.1 Å². The maximum Gasteiger partial charge on any atom is 0.387 e. The second kappa shape index (κ2) is 5.11. The Labute approximate surface area is 93.0 Å². The third-order valence-corrected chi connectivity index (χ3v) is 1.92. The molecule has 0 spiro atoms. The Kier molecular flexibility index (Phi) is 4.03. The van der Waals surface area contributed by atoms with Crippen LogP contribution >= 0.6 is 0 Å². The van der Waals surface area contributed by atoms with Crippen molar-refractivity contribution in [3.05, 3.63) is 29.1 Å². The van der Waals surface area contributed by atoms with Gasteiger partial charge in [-0.1, -0.05) is 0 Å². The van der Waals surface area contributed by atoms with E-state index in [2.05, 4.69) is 4.74 Å². The number of ether oxygens (including phenoxy) is 1. The molecule has 0 unspecified atom stereocenters. The van der Waals surface area contributed by atoms with Gasteiger partial charge in [0.1, 0.15) is 11.6 Å². The molecule has 0 bridgehead atoms. The highest BCUT2D eigenvalue weighted by Crippen LogP contribution is 2.34. The molecule has 94 valence electrons. The van der Waals surface area contributed by atoms with Crippen molar-refractivity contribution in [2.45, 2.75) is 20.0 Å².